The topological polar surface area (TPSA) is 29.3 Å². The van der Waals surface area contributed by atoms with E-state index in [0.717, 1.165) is 5.92 Å². The highest BCUT2D eigenvalue weighted by Crippen LogP contribution is 2.41. The lowest BCUT2D eigenvalue weighted by Crippen LogP contribution is -2.51. The highest BCUT2D eigenvalue weighted by molar-refractivity contribution is 4.94. The van der Waals surface area contributed by atoms with Crippen molar-refractivity contribution >= 4 is 0 Å². The molecule has 0 bridgehead atoms. The van der Waals surface area contributed by atoms with Crippen molar-refractivity contribution in [2.75, 3.05) is 13.1 Å². The first-order chi connectivity index (χ1) is 8.04. The van der Waals surface area contributed by atoms with E-state index in [9.17, 15) is 0 Å². The van der Waals surface area contributed by atoms with Crippen LogP contribution in [0.5, 0.6) is 0 Å². The average Bonchev–Trinajstić information content (AvgIpc) is 2.83. The fourth-order valence-corrected chi connectivity index (χ4v) is 3.66. The fraction of sp³-hybridized carbons (Fsp3) is 1.00. The van der Waals surface area contributed by atoms with Gasteiger partial charge in [-0.15, -0.1) is 0 Å². The van der Waals surface area contributed by atoms with Gasteiger partial charge in [0, 0.05) is 12.1 Å². The predicted molar refractivity (Wildman–Crippen MR) is 74.0 cm³/mol. The third-order valence-electron chi connectivity index (χ3n) is 5.49. The van der Waals surface area contributed by atoms with E-state index < -0.39 is 0 Å². The molecule has 2 rings (SSSR count). The molecule has 3 atom stereocenters. The van der Waals surface area contributed by atoms with Gasteiger partial charge < -0.3 is 5.73 Å². The molecule has 100 valence electrons. The van der Waals surface area contributed by atoms with Crippen LogP contribution in [0.4, 0.5) is 0 Å². The molecule has 1 aliphatic carbocycles. The van der Waals surface area contributed by atoms with Crippen molar-refractivity contribution in [1.82, 2.24) is 4.90 Å². The van der Waals surface area contributed by atoms with E-state index in [0.29, 0.717) is 17.5 Å². The van der Waals surface area contributed by atoms with Gasteiger partial charge in [0.25, 0.3) is 0 Å². The summed E-state index contributed by atoms with van der Waals surface area (Å²) in [5.41, 5.74) is 6.86. The van der Waals surface area contributed by atoms with Crippen LogP contribution in [0.2, 0.25) is 0 Å². The molecule has 1 saturated carbocycles. The zero-order chi connectivity index (χ0) is 12.5. The first-order valence-electron chi connectivity index (χ1n) is 7.54. The summed E-state index contributed by atoms with van der Waals surface area (Å²) >= 11 is 0. The van der Waals surface area contributed by atoms with Gasteiger partial charge >= 0.3 is 0 Å². The normalized spacial score (nSPS) is 36.4. The molecule has 1 saturated heterocycles. The maximum Gasteiger partial charge on any atom is 0.0250 e. The number of nitrogens with zero attached hydrogens (tertiary/aromatic N) is 1. The molecular weight excluding hydrogens is 208 g/mol. The van der Waals surface area contributed by atoms with E-state index in [2.05, 4.69) is 25.7 Å². The summed E-state index contributed by atoms with van der Waals surface area (Å²) < 4.78 is 0. The van der Waals surface area contributed by atoms with Gasteiger partial charge in [-0.05, 0) is 56.5 Å². The summed E-state index contributed by atoms with van der Waals surface area (Å²) in [5.74, 6) is 0.873. The van der Waals surface area contributed by atoms with Crippen LogP contribution in [-0.4, -0.2) is 30.1 Å². The highest BCUT2D eigenvalue weighted by atomic mass is 15.2. The molecule has 0 radical (unpaired) electrons. The Morgan fingerprint density at radius 1 is 1.18 bits per heavy atom. The second kappa shape index (κ2) is 5.27. The van der Waals surface area contributed by atoms with Crippen molar-refractivity contribution in [3.8, 4) is 0 Å². The molecule has 0 aromatic carbocycles. The van der Waals surface area contributed by atoms with Gasteiger partial charge in [0.2, 0.25) is 0 Å². The lowest BCUT2D eigenvalue weighted by Gasteiger charge is -2.45. The standard InChI is InChI=1S/C15H30N2/c1-4-15(2,3)12-7-8-13(16)14(11-12)17-9-5-6-10-17/h12-14H,4-11,16H2,1-3H3. The molecule has 17 heavy (non-hydrogen) atoms. The largest absolute Gasteiger partial charge is 0.326 e. The van der Waals surface area contributed by atoms with Crippen LogP contribution in [0.25, 0.3) is 0 Å². The van der Waals surface area contributed by atoms with Crippen molar-refractivity contribution < 1.29 is 0 Å². The second-order valence-electron chi connectivity index (χ2n) is 6.83. The smallest absolute Gasteiger partial charge is 0.0250 e. The molecular formula is C15H30N2. The van der Waals surface area contributed by atoms with E-state index in [1.54, 1.807) is 0 Å². The highest BCUT2D eigenvalue weighted by Gasteiger charge is 2.38. The Hall–Kier alpha value is -0.0800. The van der Waals surface area contributed by atoms with E-state index in [1.165, 1.54) is 51.6 Å². The molecule has 3 unspecified atom stereocenters. The third-order valence-corrected chi connectivity index (χ3v) is 5.49. The predicted octanol–water partition coefficient (Wildman–Crippen LogP) is 3.01. The number of rotatable bonds is 3. The third kappa shape index (κ3) is 2.85. The fourth-order valence-electron chi connectivity index (χ4n) is 3.66. The first-order valence-corrected chi connectivity index (χ1v) is 7.54. The molecule has 0 spiro atoms. The van der Waals surface area contributed by atoms with Crippen molar-refractivity contribution in [1.29, 1.82) is 0 Å². The minimum atomic E-state index is 0.428. The summed E-state index contributed by atoms with van der Waals surface area (Å²) in [7, 11) is 0. The molecule has 2 aliphatic rings. The van der Waals surface area contributed by atoms with E-state index in [1.807, 2.05) is 0 Å². The van der Waals surface area contributed by atoms with E-state index in [-0.39, 0.29) is 0 Å². The van der Waals surface area contributed by atoms with Gasteiger partial charge in [0.15, 0.2) is 0 Å². The van der Waals surface area contributed by atoms with Gasteiger partial charge in [-0.1, -0.05) is 27.2 Å². The van der Waals surface area contributed by atoms with Crippen molar-refractivity contribution in [3.63, 3.8) is 0 Å². The molecule has 2 N–H and O–H groups in total. The number of likely N-dealkylation sites (tertiary alicyclic amines) is 1. The Morgan fingerprint density at radius 2 is 1.82 bits per heavy atom. The minimum Gasteiger partial charge on any atom is -0.326 e. The minimum absolute atomic E-state index is 0.428. The van der Waals surface area contributed by atoms with Crippen LogP contribution in [0, 0.1) is 11.3 Å². The van der Waals surface area contributed by atoms with E-state index >= 15 is 0 Å². The zero-order valence-electron chi connectivity index (χ0n) is 11.9. The number of nitrogens with two attached hydrogens (primary N) is 1. The first kappa shape index (κ1) is 13.4. The molecule has 0 aromatic heterocycles. The molecule has 1 heterocycles. The molecule has 0 amide bonds. The molecule has 1 aliphatic heterocycles. The summed E-state index contributed by atoms with van der Waals surface area (Å²) in [4.78, 5) is 2.67. The monoisotopic (exact) mass is 238 g/mol. The molecule has 2 nitrogen and oxygen atoms in total. The quantitative estimate of drug-likeness (QED) is 0.819. The Kier molecular flexibility index (Phi) is 4.14. The average molecular weight is 238 g/mol. The Balaban J connectivity index is 2.00. The maximum absolute atomic E-state index is 6.36. The van der Waals surface area contributed by atoms with Crippen LogP contribution in [-0.2, 0) is 0 Å². The van der Waals surface area contributed by atoms with Gasteiger partial charge in [0.05, 0.1) is 0 Å². The van der Waals surface area contributed by atoms with E-state index in [4.69, 9.17) is 5.73 Å². The molecule has 0 aromatic rings. The Morgan fingerprint density at radius 3 is 2.41 bits per heavy atom. The van der Waals surface area contributed by atoms with Crippen molar-refractivity contribution in [2.45, 2.75) is 71.4 Å². The Labute approximate surface area is 107 Å². The summed E-state index contributed by atoms with van der Waals surface area (Å²) in [5, 5.41) is 0. The van der Waals surface area contributed by atoms with Gasteiger partial charge in [0.1, 0.15) is 0 Å². The summed E-state index contributed by atoms with van der Waals surface area (Å²) in [6.45, 7) is 9.79. The summed E-state index contributed by atoms with van der Waals surface area (Å²) in [6.07, 6.45) is 7.96. The second-order valence-corrected chi connectivity index (χ2v) is 6.83. The molecule has 2 heteroatoms. The van der Waals surface area contributed by atoms with Crippen LogP contribution in [0.1, 0.15) is 59.3 Å². The van der Waals surface area contributed by atoms with Crippen LogP contribution in [0.3, 0.4) is 0 Å². The van der Waals surface area contributed by atoms with Crippen LogP contribution in [0.15, 0.2) is 0 Å². The van der Waals surface area contributed by atoms with Crippen LogP contribution < -0.4 is 5.73 Å². The SMILES string of the molecule is CCC(C)(C)C1CCC(N)C(N2CCCC2)C1. The number of hydrogen-bond acceptors (Lipinski definition) is 2. The van der Waals surface area contributed by atoms with Crippen molar-refractivity contribution in [2.24, 2.45) is 17.1 Å². The summed E-state index contributed by atoms with van der Waals surface area (Å²) in [6, 6.07) is 1.10. The van der Waals surface area contributed by atoms with Gasteiger partial charge in [-0.25, -0.2) is 0 Å². The lowest BCUT2D eigenvalue weighted by molar-refractivity contribution is 0.0721. The van der Waals surface area contributed by atoms with Gasteiger partial charge in [-0.2, -0.15) is 0 Å². The Bertz CT molecular complexity index is 243. The maximum atomic E-state index is 6.36. The zero-order valence-corrected chi connectivity index (χ0v) is 11.9. The van der Waals surface area contributed by atoms with Gasteiger partial charge in [-0.3, -0.25) is 4.90 Å². The van der Waals surface area contributed by atoms with Crippen LogP contribution >= 0.6 is 0 Å². The number of hydrogen-bond donors (Lipinski definition) is 1. The molecule has 2 fully saturated rings. The lowest BCUT2D eigenvalue weighted by atomic mass is 9.67. The van der Waals surface area contributed by atoms with Crippen molar-refractivity contribution in [3.05, 3.63) is 0 Å².